The molecule has 8 unspecified atom stereocenters. The Morgan fingerprint density at radius 3 is 2.17 bits per heavy atom. The molecule has 0 aliphatic carbocycles. The minimum atomic E-state index is -1.47. The summed E-state index contributed by atoms with van der Waals surface area (Å²) in [6.07, 6.45) is -3.87. The number of hydrogen-bond donors (Lipinski definition) is 3. The number of ether oxygens (including phenoxy) is 8. The molecule has 4 heterocycles. The van der Waals surface area contributed by atoms with Crippen LogP contribution in [0.1, 0.15) is 100 Å². The summed E-state index contributed by atoms with van der Waals surface area (Å²) in [7, 11) is 6.85. The number of fused-ring (bicyclic) bond motifs is 1. The van der Waals surface area contributed by atoms with Gasteiger partial charge in [-0.1, -0.05) is 70.2 Å². The van der Waals surface area contributed by atoms with Gasteiger partial charge in [0, 0.05) is 51.0 Å². The Balaban J connectivity index is 1.61. The molecule has 0 saturated carbocycles. The van der Waals surface area contributed by atoms with Gasteiger partial charge in [-0.2, -0.15) is 0 Å². The minimum Gasteiger partial charge on any atom is -0.458 e. The molecule has 3 N–H and O–H groups in total. The zero-order chi connectivity index (χ0) is 47.5. The fourth-order valence-electron chi connectivity index (χ4n) is 10.6. The Labute approximate surface area is 380 Å². The molecule has 18 atom stereocenters. The number of aliphatic hydroxyl groups is 2. The lowest BCUT2D eigenvalue weighted by Crippen LogP contribution is -2.62. The third-order valence-electron chi connectivity index (χ3n) is 14.5. The smallest absolute Gasteiger partial charge is 0.425 e. The number of rotatable bonds is 12. The molecule has 64 heavy (non-hydrogen) atoms. The Bertz CT molecular complexity index is 1750. The molecule has 362 valence electrons. The molecule has 1 aromatic rings. The van der Waals surface area contributed by atoms with E-state index in [1.54, 1.807) is 41.7 Å². The molecule has 0 radical (unpaired) electrons. The van der Waals surface area contributed by atoms with Gasteiger partial charge in [-0.25, -0.2) is 15.2 Å². The summed E-state index contributed by atoms with van der Waals surface area (Å²) < 4.78 is 51.4. The highest BCUT2D eigenvalue weighted by molar-refractivity contribution is 5.85. The Morgan fingerprint density at radius 1 is 0.906 bits per heavy atom. The molecule has 4 aliphatic rings. The quantitative estimate of drug-likeness (QED) is 0.235. The van der Waals surface area contributed by atoms with Gasteiger partial charge >= 0.3 is 12.1 Å². The van der Waals surface area contributed by atoms with Gasteiger partial charge in [-0.3, -0.25) is 9.59 Å². The van der Waals surface area contributed by atoms with Crippen LogP contribution < -0.4 is 5.43 Å². The number of nitrogens with one attached hydrogen (secondary N) is 1. The third kappa shape index (κ3) is 10.9. The zero-order valence-corrected chi connectivity index (χ0v) is 40.5. The van der Waals surface area contributed by atoms with Crippen LogP contribution in [0.25, 0.3) is 6.08 Å². The van der Waals surface area contributed by atoms with Crippen molar-refractivity contribution in [1.82, 2.24) is 15.3 Å². The number of carbonyl (C=O) groups excluding carboxylic acids is 3. The van der Waals surface area contributed by atoms with Gasteiger partial charge in [-0.05, 0) is 80.5 Å². The molecular weight excluding hydrogens is 827 g/mol. The van der Waals surface area contributed by atoms with Crippen LogP contribution in [-0.4, -0.2) is 157 Å². The summed E-state index contributed by atoms with van der Waals surface area (Å²) >= 11 is 0. The van der Waals surface area contributed by atoms with Crippen molar-refractivity contribution in [2.45, 2.75) is 179 Å². The topological polar surface area (TPSA) is 184 Å². The standard InChI is InChI=1S/C48H77N3O13/c1-15-35-48(10)40(51(45(56)64-48)49-23-19-22-33-20-17-16-18-21-33)29(4)37(52)27(2)25-47(9,58-14)42(63-44-38(53)34(50(11)12)24-28(3)59-44)30(5)39(31(6)43(55)61-35)62-36-26-46(8,57-13)41(54)32(7)60-36/h16-22,27-32,34-36,38-42,44,49,53-54H,15,23-26H2,1-14H3/t27-,28?,29+,30+,31-,32?,34?,35-,36?,38?,39+,40-,41?,42-,44?,46?,47-,48-/m1/s1. The molecule has 5 rings (SSSR count). The van der Waals surface area contributed by atoms with Crippen LogP contribution in [-0.2, 0) is 47.5 Å². The highest BCUT2D eigenvalue weighted by Crippen LogP contribution is 2.44. The highest BCUT2D eigenvalue weighted by atomic mass is 16.7. The van der Waals surface area contributed by atoms with Crippen molar-refractivity contribution in [2.75, 3.05) is 34.9 Å². The maximum absolute atomic E-state index is 15.0. The number of aliphatic hydroxyl groups excluding tert-OH is 2. The summed E-state index contributed by atoms with van der Waals surface area (Å²) in [5.41, 5.74) is 0.395. The molecule has 1 amide bonds. The van der Waals surface area contributed by atoms with Crippen molar-refractivity contribution < 1.29 is 62.5 Å². The SMILES string of the molecule is CC[C@H]1OC(=O)[C@H](C)[C@@H](OC2CC(C)(OC)C(O)C(C)O2)[C@H](C)[C@@H](OC2OC(C)CC(N(C)C)C2O)[C@](C)(OC)C[C@@H](C)C(=O)[C@H](C)[C@H]2N(NCC=Cc3ccccc3)C(=O)O[C@]12C. The van der Waals surface area contributed by atoms with E-state index in [2.05, 4.69) is 5.43 Å². The van der Waals surface area contributed by atoms with Crippen molar-refractivity contribution in [3.63, 3.8) is 0 Å². The van der Waals surface area contributed by atoms with E-state index in [0.29, 0.717) is 6.42 Å². The monoisotopic (exact) mass is 904 g/mol. The van der Waals surface area contributed by atoms with Gasteiger partial charge in [0.1, 0.15) is 30.1 Å². The largest absolute Gasteiger partial charge is 0.458 e. The number of Topliss-reactive ketones (excluding diaryl/α,β-unsaturated/α-hetero) is 1. The number of amides is 1. The number of hydrogen-bond acceptors (Lipinski definition) is 15. The average Bonchev–Trinajstić information content (AvgIpc) is 3.52. The lowest BCUT2D eigenvalue weighted by molar-refractivity contribution is -0.319. The maximum Gasteiger partial charge on any atom is 0.425 e. The first-order chi connectivity index (χ1) is 30.0. The van der Waals surface area contributed by atoms with Crippen molar-refractivity contribution in [2.24, 2.45) is 23.7 Å². The minimum absolute atomic E-state index is 0.125. The summed E-state index contributed by atoms with van der Waals surface area (Å²) in [4.78, 5) is 45.7. The van der Waals surface area contributed by atoms with E-state index in [9.17, 15) is 24.6 Å². The molecule has 0 aromatic heterocycles. The van der Waals surface area contributed by atoms with Crippen molar-refractivity contribution in [3.8, 4) is 0 Å². The van der Waals surface area contributed by atoms with E-state index in [-0.39, 0.29) is 43.7 Å². The number of nitrogens with zero attached hydrogens (tertiary/aromatic N) is 2. The summed E-state index contributed by atoms with van der Waals surface area (Å²) in [5, 5.41) is 24.2. The van der Waals surface area contributed by atoms with E-state index in [0.717, 1.165) is 5.56 Å². The highest BCUT2D eigenvalue weighted by Gasteiger charge is 2.61. The van der Waals surface area contributed by atoms with E-state index in [1.165, 1.54) is 12.1 Å². The molecule has 16 nitrogen and oxygen atoms in total. The van der Waals surface area contributed by atoms with Crippen LogP contribution in [0.2, 0.25) is 0 Å². The van der Waals surface area contributed by atoms with Crippen LogP contribution in [0, 0.1) is 23.7 Å². The number of carbonyl (C=O) groups is 3. The number of cyclic esters (lactones) is 1. The van der Waals surface area contributed by atoms with Crippen LogP contribution in [0.5, 0.6) is 0 Å². The van der Waals surface area contributed by atoms with E-state index in [1.807, 2.05) is 96.1 Å². The van der Waals surface area contributed by atoms with Gasteiger partial charge < -0.3 is 53.0 Å². The first-order valence-corrected chi connectivity index (χ1v) is 23.0. The number of benzene rings is 1. The van der Waals surface area contributed by atoms with Gasteiger partial charge in [-0.15, -0.1) is 0 Å². The van der Waals surface area contributed by atoms with Crippen LogP contribution in [0.4, 0.5) is 4.79 Å². The fourth-order valence-corrected chi connectivity index (χ4v) is 10.6. The number of ketones is 1. The number of methoxy groups -OCH3 is 2. The molecule has 4 fully saturated rings. The lowest BCUT2D eigenvalue weighted by Gasteiger charge is -2.50. The third-order valence-corrected chi connectivity index (χ3v) is 14.5. The van der Waals surface area contributed by atoms with Crippen LogP contribution in [0.3, 0.4) is 0 Å². The molecule has 0 spiro atoms. The van der Waals surface area contributed by atoms with Crippen LogP contribution >= 0.6 is 0 Å². The van der Waals surface area contributed by atoms with Gasteiger partial charge in [0.2, 0.25) is 0 Å². The fraction of sp³-hybridized carbons (Fsp3) is 0.771. The lowest BCUT2D eigenvalue weighted by atomic mass is 9.73. The number of hydrazine groups is 1. The van der Waals surface area contributed by atoms with Crippen molar-refractivity contribution in [3.05, 3.63) is 42.0 Å². The van der Waals surface area contributed by atoms with Crippen molar-refractivity contribution in [1.29, 1.82) is 0 Å². The summed E-state index contributed by atoms with van der Waals surface area (Å²) in [5.74, 6) is -4.03. The average molecular weight is 904 g/mol. The molecule has 4 saturated heterocycles. The molecule has 16 heteroatoms. The van der Waals surface area contributed by atoms with Gasteiger partial charge in [0.15, 0.2) is 18.2 Å². The van der Waals surface area contributed by atoms with Crippen LogP contribution in [0.15, 0.2) is 36.4 Å². The second kappa shape index (κ2) is 21.3. The zero-order valence-electron chi connectivity index (χ0n) is 40.5. The number of likely N-dealkylation sites (N-methyl/N-ethyl adjacent to an activating group) is 1. The Kier molecular flexibility index (Phi) is 17.3. The van der Waals surface area contributed by atoms with E-state index >= 15 is 0 Å². The second-order valence-corrected chi connectivity index (χ2v) is 19.5. The van der Waals surface area contributed by atoms with E-state index in [4.69, 9.17) is 37.9 Å². The maximum atomic E-state index is 15.0. The normalized spacial score (nSPS) is 42.9. The molecular formula is C48H77N3O13. The second-order valence-electron chi connectivity index (χ2n) is 19.5. The Hall–Kier alpha value is -3.03. The molecule has 0 bridgehead atoms. The summed E-state index contributed by atoms with van der Waals surface area (Å²) in [6.45, 7) is 18.3. The predicted molar refractivity (Wildman–Crippen MR) is 238 cm³/mol. The Morgan fingerprint density at radius 2 is 1.56 bits per heavy atom. The molecule has 1 aromatic carbocycles. The van der Waals surface area contributed by atoms with E-state index < -0.39 is 108 Å². The van der Waals surface area contributed by atoms with Gasteiger partial charge in [0.25, 0.3) is 0 Å². The molecule has 4 aliphatic heterocycles. The summed E-state index contributed by atoms with van der Waals surface area (Å²) in [6, 6.07) is 8.53. The predicted octanol–water partition coefficient (Wildman–Crippen LogP) is 5.13. The van der Waals surface area contributed by atoms with Gasteiger partial charge in [0.05, 0.1) is 41.5 Å². The number of esters is 1. The first kappa shape index (κ1) is 51.9. The first-order valence-electron chi connectivity index (χ1n) is 23.0. The van der Waals surface area contributed by atoms with Crippen molar-refractivity contribution >= 4 is 23.9 Å².